The van der Waals surface area contributed by atoms with E-state index >= 15 is 0 Å². The Morgan fingerprint density at radius 1 is 1.00 bits per heavy atom. The van der Waals surface area contributed by atoms with E-state index in [1.54, 1.807) is 0 Å². The van der Waals surface area contributed by atoms with E-state index in [-0.39, 0.29) is 0 Å². The quantitative estimate of drug-likeness (QED) is 0.727. The van der Waals surface area contributed by atoms with Gasteiger partial charge in [0.2, 0.25) is 0 Å². The third-order valence-electron chi connectivity index (χ3n) is 4.82. The largest absolute Gasteiger partial charge is 0.304 e. The molecule has 0 bridgehead atoms. The van der Waals surface area contributed by atoms with Crippen molar-refractivity contribution in [2.75, 3.05) is 26.2 Å². The lowest BCUT2D eigenvalue weighted by Gasteiger charge is -2.20. The van der Waals surface area contributed by atoms with Crippen molar-refractivity contribution >= 4 is 16.9 Å². The van der Waals surface area contributed by atoms with E-state index in [2.05, 4.69) is 63.0 Å². The number of nitrogens with zero attached hydrogens (tertiary/aromatic N) is 4. The molecule has 5 heteroatoms. The van der Waals surface area contributed by atoms with Crippen LogP contribution in [0.1, 0.15) is 22.8 Å². The normalized spacial score (nSPS) is 17.4. The van der Waals surface area contributed by atoms with Crippen LogP contribution in [0.4, 0.5) is 0 Å². The van der Waals surface area contributed by atoms with E-state index in [9.17, 15) is 0 Å². The van der Waals surface area contributed by atoms with Crippen LogP contribution < -0.4 is 0 Å². The highest BCUT2D eigenvalue weighted by Gasteiger charge is 2.17. The van der Waals surface area contributed by atoms with Crippen molar-refractivity contribution in [1.29, 1.82) is 0 Å². The lowest BCUT2D eigenvalue weighted by atomic mass is 10.3. The van der Waals surface area contributed by atoms with Crippen LogP contribution in [0.5, 0.6) is 0 Å². The zero-order chi connectivity index (χ0) is 16.4. The minimum atomic E-state index is 0.953. The number of aryl methyl sites for hydroxylation is 1. The Morgan fingerprint density at radius 3 is 2.62 bits per heavy atom. The fourth-order valence-electron chi connectivity index (χ4n) is 3.56. The molecule has 3 aromatic rings. The van der Waals surface area contributed by atoms with E-state index in [4.69, 9.17) is 4.98 Å². The molecular formula is C19H24N4S. The van der Waals surface area contributed by atoms with Crippen LogP contribution in [0.25, 0.3) is 5.52 Å². The lowest BCUT2D eigenvalue weighted by Crippen LogP contribution is -2.30. The number of imidazole rings is 1. The Hall–Kier alpha value is -1.69. The molecule has 0 N–H and O–H groups in total. The van der Waals surface area contributed by atoms with Gasteiger partial charge in [-0.25, -0.2) is 4.98 Å². The summed E-state index contributed by atoms with van der Waals surface area (Å²) < 4.78 is 2.19. The minimum absolute atomic E-state index is 0.953. The molecular weight excluding hydrogens is 316 g/mol. The minimum Gasteiger partial charge on any atom is -0.304 e. The number of thiophene rings is 1. The summed E-state index contributed by atoms with van der Waals surface area (Å²) in [4.78, 5) is 11.4. The molecule has 4 heterocycles. The summed E-state index contributed by atoms with van der Waals surface area (Å²) in [5, 5.41) is 2.17. The van der Waals surface area contributed by atoms with Crippen molar-refractivity contribution < 1.29 is 0 Å². The summed E-state index contributed by atoms with van der Waals surface area (Å²) in [6.07, 6.45) is 3.34. The molecule has 0 saturated carbocycles. The van der Waals surface area contributed by atoms with Crippen LogP contribution in [0.3, 0.4) is 0 Å². The van der Waals surface area contributed by atoms with Crippen LogP contribution in [0, 0.1) is 6.92 Å². The smallest absolute Gasteiger partial charge is 0.110 e. The van der Waals surface area contributed by atoms with Crippen LogP contribution in [-0.4, -0.2) is 45.4 Å². The number of hydrogen-bond donors (Lipinski definition) is 0. The van der Waals surface area contributed by atoms with Crippen LogP contribution in [0.2, 0.25) is 0 Å². The van der Waals surface area contributed by atoms with E-state index in [0.717, 1.165) is 38.5 Å². The topological polar surface area (TPSA) is 23.8 Å². The number of pyridine rings is 1. The van der Waals surface area contributed by atoms with Crippen LogP contribution in [-0.2, 0) is 13.1 Å². The first-order valence-corrected chi connectivity index (χ1v) is 9.57. The number of rotatable bonds is 4. The molecule has 0 aromatic carbocycles. The highest BCUT2D eigenvalue weighted by Crippen LogP contribution is 2.17. The van der Waals surface area contributed by atoms with Gasteiger partial charge in [-0.1, -0.05) is 12.1 Å². The SMILES string of the molecule is Cc1nc(CN2CCCN(Cc3cccs3)CC2)c2ccccn12. The molecule has 1 aliphatic heterocycles. The Kier molecular flexibility index (Phi) is 4.65. The summed E-state index contributed by atoms with van der Waals surface area (Å²) in [7, 11) is 0. The second kappa shape index (κ2) is 7.05. The van der Waals surface area contributed by atoms with E-state index < -0.39 is 0 Å². The molecule has 0 spiro atoms. The van der Waals surface area contributed by atoms with Crippen molar-refractivity contribution in [2.45, 2.75) is 26.4 Å². The van der Waals surface area contributed by atoms with Gasteiger partial charge in [0.1, 0.15) is 5.82 Å². The van der Waals surface area contributed by atoms with Gasteiger partial charge in [0.25, 0.3) is 0 Å². The summed E-state index contributed by atoms with van der Waals surface area (Å²) in [6, 6.07) is 10.7. The monoisotopic (exact) mass is 340 g/mol. The molecule has 3 aromatic heterocycles. The Balaban J connectivity index is 1.42. The number of aromatic nitrogens is 2. The van der Waals surface area contributed by atoms with Gasteiger partial charge in [-0.2, -0.15) is 0 Å². The summed E-state index contributed by atoms with van der Waals surface area (Å²) in [5.41, 5.74) is 2.45. The molecule has 0 amide bonds. The van der Waals surface area contributed by atoms with E-state index in [0.29, 0.717) is 0 Å². The van der Waals surface area contributed by atoms with Crippen molar-refractivity contribution in [3.8, 4) is 0 Å². The molecule has 1 saturated heterocycles. The highest BCUT2D eigenvalue weighted by molar-refractivity contribution is 7.09. The molecule has 126 valence electrons. The second-order valence-corrected chi connectivity index (χ2v) is 7.58. The van der Waals surface area contributed by atoms with E-state index in [1.807, 2.05) is 11.3 Å². The molecule has 0 aliphatic carbocycles. The van der Waals surface area contributed by atoms with Crippen molar-refractivity contribution in [3.05, 3.63) is 58.3 Å². The highest BCUT2D eigenvalue weighted by atomic mass is 32.1. The standard InChI is InChI=1S/C19H24N4S/c1-16-20-18(19-7-2-3-10-23(16)19)15-22-9-5-8-21(11-12-22)14-17-6-4-13-24-17/h2-4,6-7,10,13H,5,8-9,11-12,14-15H2,1H3. The van der Waals surface area contributed by atoms with Gasteiger partial charge < -0.3 is 4.40 Å². The van der Waals surface area contributed by atoms with Gasteiger partial charge >= 0.3 is 0 Å². The van der Waals surface area contributed by atoms with Gasteiger partial charge in [-0.15, -0.1) is 11.3 Å². The maximum atomic E-state index is 4.80. The zero-order valence-corrected chi connectivity index (χ0v) is 15.0. The number of fused-ring (bicyclic) bond motifs is 1. The molecule has 0 atom stereocenters. The lowest BCUT2D eigenvalue weighted by molar-refractivity contribution is 0.247. The molecule has 0 radical (unpaired) electrons. The van der Waals surface area contributed by atoms with Crippen molar-refractivity contribution in [3.63, 3.8) is 0 Å². The van der Waals surface area contributed by atoms with Crippen LogP contribution in [0.15, 0.2) is 41.9 Å². The first-order valence-electron chi connectivity index (χ1n) is 8.69. The first kappa shape index (κ1) is 15.8. The first-order chi connectivity index (χ1) is 11.8. The summed E-state index contributed by atoms with van der Waals surface area (Å²) in [6.45, 7) is 8.75. The Morgan fingerprint density at radius 2 is 1.83 bits per heavy atom. The third kappa shape index (κ3) is 3.38. The predicted molar refractivity (Wildman–Crippen MR) is 99.4 cm³/mol. The molecule has 24 heavy (non-hydrogen) atoms. The third-order valence-corrected chi connectivity index (χ3v) is 5.68. The molecule has 4 rings (SSSR count). The van der Waals surface area contributed by atoms with Crippen molar-refractivity contribution in [2.24, 2.45) is 0 Å². The Bertz CT molecular complexity index is 793. The van der Waals surface area contributed by atoms with Gasteiger partial charge in [-0.3, -0.25) is 9.80 Å². The number of hydrogen-bond acceptors (Lipinski definition) is 4. The molecule has 1 aliphatic rings. The fraction of sp³-hybridized carbons (Fsp3) is 0.421. The predicted octanol–water partition coefficient (Wildman–Crippen LogP) is 3.41. The van der Waals surface area contributed by atoms with Gasteiger partial charge in [0.15, 0.2) is 0 Å². The Labute approximate surface area is 147 Å². The fourth-order valence-corrected chi connectivity index (χ4v) is 4.30. The maximum absolute atomic E-state index is 4.80. The zero-order valence-electron chi connectivity index (χ0n) is 14.2. The average Bonchev–Trinajstić information content (AvgIpc) is 3.14. The van der Waals surface area contributed by atoms with Gasteiger partial charge in [0.05, 0.1) is 11.2 Å². The maximum Gasteiger partial charge on any atom is 0.110 e. The van der Waals surface area contributed by atoms with Gasteiger partial charge in [-0.05, 0) is 50.0 Å². The van der Waals surface area contributed by atoms with Crippen molar-refractivity contribution in [1.82, 2.24) is 19.2 Å². The summed E-state index contributed by atoms with van der Waals surface area (Å²) >= 11 is 1.86. The summed E-state index contributed by atoms with van der Waals surface area (Å²) in [5.74, 6) is 1.08. The molecule has 0 unspecified atom stereocenters. The molecule has 1 fully saturated rings. The molecule has 4 nitrogen and oxygen atoms in total. The van der Waals surface area contributed by atoms with E-state index in [1.165, 1.54) is 29.1 Å². The van der Waals surface area contributed by atoms with Gasteiger partial charge in [0, 0.05) is 37.3 Å². The second-order valence-electron chi connectivity index (χ2n) is 6.55. The van der Waals surface area contributed by atoms with Crippen LogP contribution >= 0.6 is 11.3 Å². The average molecular weight is 340 g/mol.